The Morgan fingerprint density at radius 1 is 1.43 bits per heavy atom. The molecule has 4 heteroatoms. The zero-order valence-corrected chi connectivity index (χ0v) is 12.4. The van der Waals surface area contributed by atoms with Gasteiger partial charge in [0.1, 0.15) is 5.82 Å². The van der Waals surface area contributed by atoms with Crippen molar-refractivity contribution in [2.75, 3.05) is 6.54 Å². The summed E-state index contributed by atoms with van der Waals surface area (Å²) in [4.78, 5) is 16.1. The van der Waals surface area contributed by atoms with Crippen molar-refractivity contribution in [1.82, 2.24) is 14.9 Å². The second-order valence-electron chi connectivity index (χ2n) is 5.06. The van der Waals surface area contributed by atoms with Crippen LogP contribution in [0.3, 0.4) is 0 Å². The molecule has 1 aromatic carbocycles. The van der Waals surface area contributed by atoms with E-state index in [-0.39, 0.29) is 5.91 Å². The number of hydrogen-bond acceptors (Lipinski definition) is 2. The van der Waals surface area contributed by atoms with Crippen LogP contribution < -0.4 is 5.32 Å². The normalized spacial score (nSPS) is 10.5. The molecule has 21 heavy (non-hydrogen) atoms. The molecule has 0 saturated carbocycles. The first-order chi connectivity index (χ1) is 10.1. The molecule has 0 fully saturated rings. The zero-order valence-electron chi connectivity index (χ0n) is 12.4. The standard InChI is InChI=1S/C17H21N3O/c1-4-12-20-15-9-6-5-8-14(15)19-16(20)10-7-11-18-17(21)13(2)3/h4-6,8-9H,1-2,7,10-12H2,3H3,(H,18,21). The minimum atomic E-state index is -0.0883. The zero-order chi connectivity index (χ0) is 15.2. The summed E-state index contributed by atoms with van der Waals surface area (Å²) in [5.41, 5.74) is 2.66. The third kappa shape index (κ3) is 3.60. The van der Waals surface area contributed by atoms with Gasteiger partial charge in [-0.15, -0.1) is 6.58 Å². The van der Waals surface area contributed by atoms with Gasteiger partial charge in [0.05, 0.1) is 11.0 Å². The molecule has 0 aliphatic heterocycles. The maximum atomic E-state index is 11.4. The smallest absolute Gasteiger partial charge is 0.246 e. The van der Waals surface area contributed by atoms with Crippen molar-refractivity contribution in [1.29, 1.82) is 0 Å². The van der Waals surface area contributed by atoms with Crippen LogP contribution in [0.2, 0.25) is 0 Å². The van der Waals surface area contributed by atoms with Gasteiger partial charge in [-0.25, -0.2) is 4.98 Å². The predicted octanol–water partition coefficient (Wildman–Crippen LogP) is 2.85. The first kappa shape index (κ1) is 15.0. The van der Waals surface area contributed by atoms with Crippen LogP contribution in [0.15, 0.2) is 49.1 Å². The SMILES string of the molecule is C=CCn1c(CCCNC(=O)C(=C)C)nc2ccccc21. The fraction of sp³-hybridized carbons (Fsp3) is 0.294. The topological polar surface area (TPSA) is 46.9 Å². The number of para-hydroxylation sites is 2. The molecule has 1 amide bonds. The molecule has 4 nitrogen and oxygen atoms in total. The van der Waals surface area contributed by atoms with E-state index >= 15 is 0 Å². The predicted molar refractivity (Wildman–Crippen MR) is 86.1 cm³/mol. The maximum absolute atomic E-state index is 11.4. The molecule has 2 aromatic rings. The number of benzene rings is 1. The lowest BCUT2D eigenvalue weighted by atomic mass is 10.2. The van der Waals surface area contributed by atoms with Crippen molar-refractivity contribution in [3.05, 3.63) is 54.9 Å². The highest BCUT2D eigenvalue weighted by molar-refractivity contribution is 5.92. The van der Waals surface area contributed by atoms with E-state index in [9.17, 15) is 4.79 Å². The average molecular weight is 283 g/mol. The van der Waals surface area contributed by atoms with Gasteiger partial charge in [-0.1, -0.05) is 24.8 Å². The van der Waals surface area contributed by atoms with Gasteiger partial charge in [0.2, 0.25) is 5.91 Å². The lowest BCUT2D eigenvalue weighted by Gasteiger charge is -2.07. The minimum Gasteiger partial charge on any atom is -0.352 e. The third-order valence-corrected chi connectivity index (χ3v) is 3.30. The van der Waals surface area contributed by atoms with Crippen molar-refractivity contribution in [3.63, 3.8) is 0 Å². The number of aromatic nitrogens is 2. The van der Waals surface area contributed by atoms with E-state index in [0.717, 1.165) is 36.2 Å². The third-order valence-electron chi connectivity index (χ3n) is 3.30. The number of allylic oxidation sites excluding steroid dienone is 1. The molecular weight excluding hydrogens is 262 g/mol. The van der Waals surface area contributed by atoms with Crippen LogP contribution in [0.5, 0.6) is 0 Å². The minimum absolute atomic E-state index is 0.0883. The van der Waals surface area contributed by atoms with Crippen LogP contribution in [-0.2, 0) is 17.8 Å². The molecule has 0 atom stereocenters. The monoisotopic (exact) mass is 283 g/mol. The summed E-state index contributed by atoms with van der Waals surface area (Å²) in [6.45, 7) is 10.5. The molecule has 0 radical (unpaired) electrons. The van der Waals surface area contributed by atoms with E-state index in [4.69, 9.17) is 0 Å². The van der Waals surface area contributed by atoms with Gasteiger partial charge in [0.25, 0.3) is 0 Å². The molecule has 0 spiro atoms. The number of carbonyl (C=O) groups excluding carboxylic acids is 1. The van der Waals surface area contributed by atoms with Crippen molar-refractivity contribution < 1.29 is 4.79 Å². The molecule has 0 saturated heterocycles. The van der Waals surface area contributed by atoms with E-state index in [2.05, 4.69) is 34.1 Å². The van der Waals surface area contributed by atoms with Crippen LogP contribution in [0, 0.1) is 0 Å². The molecule has 1 aromatic heterocycles. The highest BCUT2D eigenvalue weighted by Gasteiger charge is 2.09. The second-order valence-corrected chi connectivity index (χ2v) is 5.06. The Labute approximate surface area is 125 Å². The number of fused-ring (bicyclic) bond motifs is 1. The Morgan fingerprint density at radius 2 is 2.19 bits per heavy atom. The van der Waals surface area contributed by atoms with Crippen LogP contribution in [0.4, 0.5) is 0 Å². The molecule has 0 aliphatic carbocycles. The number of carbonyl (C=O) groups is 1. The number of imidazole rings is 1. The molecule has 0 unspecified atom stereocenters. The van der Waals surface area contributed by atoms with Crippen molar-refractivity contribution in [2.45, 2.75) is 26.3 Å². The van der Waals surface area contributed by atoms with E-state index in [1.165, 1.54) is 0 Å². The summed E-state index contributed by atoms with van der Waals surface area (Å²) in [5, 5.41) is 2.84. The summed E-state index contributed by atoms with van der Waals surface area (Å²) in [7, 11) is 0. The van der Waals surface area contributed by atoms with Gasteiger partial charge in [0, 0.05) is 25.1 Å². The Morgan fingerprint density at radius 3 is 2.90 bits per heavy atom. The second kappa shape index (κ2) is 6.88. The maximum Gasteiger partial charge on any atom is 0.246 e. The molecule has 1 heterocycles. The Balaban J connectivity index is 2.04. The molecule has 110 valence electrons. The number of amides is 1. The van der Waals surface area contributed by atoms with E-state index in [1.807, 2.05) is 24.3 Å². The van der Waals surface area contributed by atoms with Gasteiger partial charge in [-0.3, -0.25) is 4.79 Å². The Bertz CT molecular complexity index is 670. The number of nitrogens with one attached hydrogen (secondary N) is 1. The molecule has 1 N–H and O–H groups in total. The summed E-state index contributed by atoms with van der Waals surface area (Å²) in [6.07, 6.45) is 3.54. The number of rotatable bonds is 7. The van der Waals surface area contributed by atoms with Crippen molar-refractivity contribution in [3.8, 4) is 0 Å². The van der Waals surface area contributed by atoms with Crippen molar-refractivity contribution >= 4 is 16.9 Å². The molecule has 2 rings (SSSR count). The van der Waals surface area contributed by atoms with Crippen LogP contribution in [0.25, 0.3) is 11.0 Å². The van der Waals surface area contributed by atoms with E-state index in [0.29, 0.717) is 12.1 Å². The fourth-order valence-electron chi connectivity index (χ4n) is 2.25. The summed E-state index contributed by atoms with van der Waals surface area (Å²) >= 11 is 0. The van der Waals surface area contributed by atoms with E-state index < -0.39 is 0 Å². The highest BCUT2D eigenvalue weighted by atomic mass is 16.1. The lowest BCUT2D eigenvalue weighted by molar-refractivity contribution is -0.117. The van der Waals surface area contributed by atoms with E-state index in [1.54, 1.807) is 6.92 Å². The van der Waals surface area contributed by atoms with Gasteiger partial charge in [-0.05, 0) is 25.5 Å². The first-order valence-corrected chi connectivity index (χ1v) is 7.12. The fourth-order valence-corrected chi connectivity index (χ4v) is 2.25. The molecule has 0 aliphatic rings. The number of aryl methyl sites for hydroxylation is 1. The largest absolute Gasteiger partial charge is 0.352 e. The van der Waals surface area contributed by atoms with Crippen LogP contribution in [-0.4, -0.2) is 22.0 Å². The first-order valence-electron chi connectivity index (χ1n) is 7.12. The van der Waals surface area contributed by atoms with Gasteiger partial charge in [-0.2, -0.15) is 0 Å². The molecule has 0 bridgehead atoms. The highest BCUT2D eigenvalue weighted by Crippen LogP contribution is 2.17. The van der Waals surface area contributed by atoms with Crippen LogP contribution >= 0.6 is 0 Å². The Hall–Kier alpha value is -2.36. The number of nitrogens with zero attached hydrogens (tertiary/aromatic N) is 2. The van der Waals surface area contributed by atoms with Gasteiger partial charge < -0.3 is 9.88 Å². The van der Waals surface area contributed by atoms with Crippen LogP contribution in [0.1, 0.15) is 19.2 Å². The summed E-state index contributed by atoms with van der Waals surface area (Å²) < 4.78 is 2.17. The van der Waals surface area contributed by atoms with Crippen molar-refractivity contribution in [2.24, 2.45) is 0 Å². The molecular formula is C17H21N3O. The lowest BCUT2D eigenvalue weighted by Crippen LogP contribution is -2.25. The number of hydrogen-bond donors (Lipinski definition) is 1. The summed E-state index contributed by atoms with van der Waals surface area (Å²) in [6, 6.07) is 8.09. The summed E-state index contributed by atoms with van der Waals surface area (Å²) in [5.74, 6) is 0.940. The van der Waals surface area contributed by atoms with Gasteiger partial charge in [0.15, 0.2) is 0 Å². The Kier molecular flexibility index (Phi) is 4.93. The average Bonchev–Trinajstić information content (AvgIpc) is 2.82. The van der Waals surface area contributed by atoms with Gasteiger partial charge >= 0.3 is 0 Å². The quantitative estimate of drug-likeness (QED) is 0.482.